The number of rotatable bonds is 7. The number of hydrazine groups is 1. The summed E-state index contributed by atoms with van der Waals surface area (Å²) in [5.41, 5.74) is 4.19. The third kappa shape index (κ3) is 3.29. The lowest BCUT2D eigenvalue weighted by molar-refractivity contribution is 0.112. The van der Waals surface area contributed by atoms with Gasteiger partial charge >= 0.3 is 0 Å². The van der Waals surface area contributed by atoms with Crippen LogP contribution in [0, 0.1) is 0 Å². The summed E-state index contributed by atoms with van der Waals surface area (Å²) in [6.07, 6.45) is 1.95. The van der Waals surface area contributed by atoms with Crippen molar-refractivity contribution in [2.24, 2.45) is 5.84 Å². The second kappa shape index (κ2) is 6.85. The first-order chi connectivity index (χ1) is 8.85. The van der Waals surface area contributed by atoms with Crippen molar-refractivity contribution in [3.05, 3.63) is 35.2 Å². The van der Waals surface area contributed by atoms with Crippen LogP contribution in [0.4, 0.5) is 0 Å². The van der Waals surface area contributed by atoms with Crippen LogP contribution in [0.25, 0.3) is 10.1 Å². The highest BCUT2D eigenvalue weighted by molar-refractivity contribution is 7.17. The number of hydrogen-bond acceptors (Lipinski definition) is 4. The highest BCUT2D eigenvalue weighted by Gasteiger charge is 2.11. The molecule has 0 saturated carbocycles. The van der Waals surface area contributed by atoms with Gasteiger partial charge in [-0.25, -0.2) is 0 Å². The summed E-state index contributed by atoms with van der Waals surface area (Å²) >= 11 is 1.79. The van der Waals surface area contributed by atoms with Crippen LogP contribution in [-0.2, 0) is 11.2 Å². The van der Waals surface area contributed by atoms with Crippen LogP contribution in [0.5, 0.6) is 0 Å². The summed E-state index contributed by atoms with van der Waals surface area (Å²) in [5, 5.41) is 3.55. The number of thiophene rings is 1. The third-order valence-electron chi connectivity index (χ3n) is 2.93. The smallest absolute Gasteiger partial charge is 0.0636 e. The van der Waals surface area contributed by atoms with E-state index in [0.29, 0.717) is 6.61 Å². The summed E-state index contributed by atoms with van der Waals surface area (Å²) in [6.45, 7) is 3.56. The van der Waals surface area contributed by atoms with Crippen LogP contribution in [0.3, 0.4) is 0 Å². The van der Waals surface area contributed by atoms with Gasteiger partial charge in [0.15, 0.2) is 0 Å². The van der Waals surface area contributed by atoms with Gasteiger partial charge in [-0.2, -0.15) is 0 Å². The van der Waals surface area contributed by atoms with Gasteiger partial charge < -0.3 is 4.74 Å². The SMILES string of the molecule is CCCOCC(Cc1csc2ccccc12)NN. The number of benzene rings is 1. The fourth-order valence-corrected chi connectivity index (χ4v) is 2.97. The molecule has 3 N–H and O–H groups in total. The van der Waals surface area contributed by atoms with Crippen LogP contribution in [0.2, 0.25) is 0 Å². The lowest BCUT2D eigenvalue weighted by Gasteiger charge is -2.15. The molecule has 0 aliphatic carbocycles. The first kappa shape index (κ1) is 13.5. The highest BCUT2D eigenvalue weighted by atomic mass is 32.1. The average molecular weight is 264 g/mol. The minimum absolute atomic E-state index is 0.176. The minimum atomic E-state index is 0.176. The van der Waals surface area contributed by atoms with Gasteiger partial charge in [-0.3, -0.25) is 11.3 Å². The molecule has 1 aromatic heterocycles. The van der Waals surface area contributed by atoms with Crippen molar-refractivity contribution in [2.75, 3.05) is 13.2 Å². The zero-order chi connectivity index (χ0) is 12.8. The van der Waals surface area contributed by atoms with E-state index in [1.807, 2.05) is 0 Å². The van der Waals surface area contributed by atoms with Crippen LogP contribution >= 0.6 is 11.3 Å². The molecule has 2 rings (SSSR count). The summed E-state index contributed by atoms with van der Waals surface area (Å²) in [7, 11) is 0. The van der Waals surface area contributed by atoms with Crippen molar-refractivity contribution in [3.63, 3.8) is 0 Å². The van der Waals surface area contributed by atoms with Crippen molar-refractivity contribution >= 4 is 21.4 Å². The molecule has 0 radical (unpaired) electrons. The molecule has 2 aromatic rings. The lowest BCUT2D eigenvalue weighted by Crippen LogP contribution is -2.40. The van der Waals surface area contributed by atoms with Gasteiger partial charge in [0.25, 0.3) is 0 Å². The van der Waals surface area contributed by atoms with Crippen LogP contribution < -0.4 is 11.3 Å². The van der Waals surface area contributed by atoms with Gasteiger partial charge in [0.1, 0.15) is 0 Å². The Kier molecular flexibility index (Phi) is 5.13. The maximum Gasteiger partial charge on any atom is 0.0636 e. The lowest BCUT2D eigenvalue weighted by atomic mass is 10.1. The van der Waals surface area contributed by atoms with E-state index in [1.54, 1.807) is 11.3 Å². The molecule has 1 atom stereocenters. The zero-order valence-corrected chi connectivity index (χ0v) is 11.5. The Hall–Kier alpha value is -0.940. The molecule has 4 heteroatoms. The molecule has 0 aliphatic rings. The number of fused-ring (bicyclic) bond motifs is 1. The van der Waals surface area contributed by atoms with Crippen LogP contribution in [0.1, 0.15) is 18.9 Å². The first-order valence-electron chi connectivity index (χ1n) is 6.34. The number of nitrogens with two attached hydrogens (primary N) is 1. The van der Waals surface area contributed by atoms with Crippen molar-refractivity contribution in [3.8, 4) is 0 Å². The Balaban J connectivity index is 2.02. The normalized spacial score (nSPS) is 13.0. The molecule has 0 fully saturated rings. The van der Waals surface area contributed by atoms with E-state index in [0.717, 1.165) is 19.4 Å². The molecule has 98 valence electrons. The van der Waals surface area contributed by atoms with Crippen LogP contribution in [-0.4, -0.2) is 19.3 Å². The van der Waals surface area contributed by atoms with E-state index >= 15 is 0 Å². The standard InChI is InChI=1S/C14H20N2OS/c1-2-7-17-9-12(16-15)8-11-10-18-14-6-4-3-5-13(11)14/h3-6,10,12,16H,2,7-9,15H2,1H3. The molecule has 1 aromatic carbocycles. The zero-order valence-electron chi connectivity index (χ0n) is 10.7. The van der Waals surface area contributed by atoms with Gasteiger partial charge in [-0.1, -0.05) is 25.1 Å². The monoisotopic (exact) mass is 264 g/mol. The van der Waals surface area contributed by atoms with E-state index in [4.69, 9.17) is 10.6 Å². The Morgan fingerprint density at radius 2 is 2.22 bits per heavy atom. The van der Waals surface area contributed by atoms with Crippen molar-refractivity contribution < 1.29 is 4.74 Å². The summed E-state index contributed by atoms with van der Waals surface area (Å²) in [6, 6.07) is 8.65. The van der Waals surface area contributed by atoms with Gasteiger partial charge in [0, 0.05) is 17.3 Å². The summed E-state index contributed by atoms with van der Waals surface area (Å²) < 4.78 is 6.89. The largest absolute Gasteiger partial charge is 0.380 e. The Bertz CT molecular complexity index is 483. The third-order valence-corrected chi connectivity index (χ3v) is 3.94. The number of nitrogens with one attached hydrogen (secondary N) is 1. The van der Waals surface area contributed by atoms with E-state index in [2.05, 4.69) is 42.0 Å². The molecular weight excluding hydrogens is 244 g/mol. The molecule has 3 nitrogen and oxygen atoms in total. The van der Waals surface area contributed by atoms with E-state index in [9.17, 15) is 0 Å². The number of hydrogen-bond donors (Lipinski definition) is 2. The highest BCUT2D eigenvalue weighted by Crippen LogP contribution is 2.26. The number of ether oxygens (including phenoxy) is 1. The Labute approximate surface area is 112 Å². The first-order valence-corrected chi connectivity index (χ1v) is 7.22. The molecule has 0 aliphatic heterocycles. The van der Waals surface area contributed by atoms with Crippen molar-refractivity contribution in [2.45, 2.75) is 25.8 Å². The summed E-state index contributed by atoms with van der Waals surface area (Å²) in [4.78, 5) is 0. The van der Waals surface area contributed by atoms with E-state index in [-0.39, 0.29) is 6.04 Å². The fraction of sp³-hybridized carbons (Fsp3) is 0.429. The Morgan fingerprint density at radius 3 is 3.00 bits per heavy atom. The molecule has 0 amide bonds. The fourth-order valence-electron chi connectivity index (χ4n) is 1.99. The maximum atomic E-state index is 5.59. The Morgan fingerprint density at radius 1 is 1.39 bits per heavy atom. The minimum Gasteiger partial charge on any atom is -0.380 e. The molecule has 1 unspecified atom stereocenters. The molecular formula is C14H20N2OS. The second-order valence-electron chi connectivity index (χ2n) is 4.40. The molecule has 1 heterocycles. The quantitative estimate of drug-likeness (QED) is 0.459. The second-order valence-corrected chi connectivity index (χ2v) is 5.31. The molecule has 0 spiro atoms. The maximum absolute atomic E-state index is 5.59. The topological polar surface area (TPSA) is 47.3 Å². The molecule has 18 heavy (non-hydrogen) atoms. The van der Waals surface area contributed by atoms with Gasteiger partial charge in [-0.15, -0.1) is 11.3 Å². The molecule has 0 bridgehead atoms. The van der Waals surface area contributed by atoms with E-state index in [1.165, 1.54) is 15.6 Å². The predicted octanol–water partition coefficient (Wildman–Crippen LogP) is 2.70. The van der Waals surface area contributed by atoms with Gasteiger partial charge in [0.05, 0.1) is 6.61 Å². The van der Waals surface area contributed by atoms with Gasteiger partial charge in [0.2, 0.25) is 0 Å². The summed E-state index contributed by atoms with van der Waals surface area (Å²) in [5.74, 6) is 5.59. The molecule has 0 saturated heterocycles. The average Bonchev–Trinajstić information content (AvgIpc) is 2.81. The van der Waals surface area contributed by atoms with Crippen molar-refractivity contribution in [1.29, 1.82) is 0 Å². The predicted molar refractivity (Wildman–Crippen MR) is 77.8 cm³/mol. The van der Waals surface area contributed by atoms with Crippen molar-refractivity contribution in [1.82, 2.24) is 5.43 Å². The van der Waals surface area contributed by atoms with Crippen LogP contribution in [0.15, 0.2) is 29.6 Å². The van der Waals surface area contributed by atoms with E-state index < -0.39 is 0 Å². The van der Waals surface area contributed by atoms with Gasteiger partial charge in [-0.05, 0) is 35.2 Å².